The molecule has 0 rings (SSSR count). The average Bonchev–Trinajstić information content (AvgIpc) is 2.29. The van der Waals surface area contributed by atoms with Crippen molar-refractivity contribution in [3.8, 4) is 0 Å². The van der Waals surface area contributed by atoms with E-state index in [1.165, 1.54) is 6.42 Å². The highest BCUT2D eigenvalue weighted by atomic mass is 16.1. The fraction of sp³-hybridized carbons (Fsp3) is 0.846. The van der Waals surface area contributed by atoms with Crippen LogP contribution in [0.5, 0.6) is 0 Å². The molecule has 0 fully saturated rings. The van der Waals surface area contributed by atoms with Gasteiger partial charge in [0.1, 0.15) is 0 Å². The highest BCUT2D eigenvalue weighted by Crippen LogP contribution is 2.22. The number of hydrogen-bond acceptors (Lipinski definition) is 4. The molecule has 0 aliphatic carbocycles. The number of hydrogen-bond donors (Lipinski definition) is 0. The summed E-state index contributed by atoms with van der Waals surface area (Å²) in [4.78, 5) is 27.0. The van der Waals surface area contributed by atoms with Crippen LogP contribution in [-0.4, -0.2) is 25.2 Å². The molecule has 17 heavy (non-hydrogen) atoms. The highest BCUT2D eigenvalue weighted by molar-refractivity contribution is 5.32. The largest absolute Gasteiger partial charge is 0.234 e. The summed E-state index contributed by atoms with van der Waals surface area (Å²) in [5.74, 6) is 1.31. The molecule has 0 radical (unpaired) electrons. The van der Waals surface area contributed by atoms with Crippen LogP contribution in [0.3, 0.4) is 0 Å². The van der Waals surface area contributed by atoms with Crippen molar-refractivity contribution in [2.24, 2.45) is 21.8 Å². The van der Waals surface area contributed by atoms with Gasteiger partial charge in [0.25, 0.3) is 0 Å². The van der Waals surface area contributed by atoms with Crippen LogP contribution in [0.4, 0.5) is 0 Å². The Labute approximate surface area is 103 Å². The Balaban J connectivity index is 3.86. The maximum absolute atomic E-state index is 9.93. The Morgan fingerprint density at radius 2 is 1.41 bits per heavy atom. The van der Waals surface area contributed by atoms with Crippen LogP contribution in [0.25, 0.3) is 0 Å². The van der Waals surface area contributed by atoms with Gasteiger partial charge < -0.3 is 0 Å². The van der Waals surface area contributed by atoms with Crippen molar-refractivity contribution in [2.75, 3.05) is 13.1 Å². The van der Waals surface area contributed by atoms with E-state index in [-0.39, 0.29) is 0 Å². The maximum Gasteiger partial charge on any atom is 0.234 e. The SMILES string of the molecule is CC(C)CC(CCCN=C=O)CCCN=C=O. The highest BCUT2D eigenvalue weighted by Gasteiger charge is 2.10. The zero-order chi connectivity index (χ0) is 12.9. The lowest BCUT2D eigenvalue weighted by atomic mass is 9.89. The van der Waals surface area contributed by atoms with E-state index < -0.39 is 0 Å². The predicted octanol–water partition coefficient (Wildman–Crippen LogP) is 2.88. The van der Waals surface area contributed by atoms with Crippen LogP contribution in [0.15, 0.2) is 9.98 Å². The first-order chi connectivity index (χ1) is 8.20. The second-order valence-corrected chi connectivity index (χ2v) is 4.73. The third kappa shape index (κ3) is 11.0. The summed E-state index contributed by atoms with van der Waals surface area (Å²) >= 11 is 0. The molecule has 0 amide bonds. The Kier molecular flexibility index (Phi) is 10.4. The third-order valence-corrected chi connectivity index (χ3v) is 2.70. The van der Waals surface area contributed by atoms with Crippen LogP contribution in [-0.2, 0) is 9.59 Å². The van der Waals surface area contributed by atoms with Gasteiger partial charge in [-0.25, -0.2) is 19.6 Å². The molecule has 96 valence electrons. The van der Waals surface area contributed by atoms with Crippen molar-refractivity contribution in [2.45, 2.75) is 46.0 Å². The second kappa shape index (κ2) is 11.3. The fourth-order valence-electron chi connectivity index (χ4n) is 2.06. The van der Waals surface area contributed by atoms with Crippen molar-refractivity contribution < 1.29 is 9.59 Å². The van der Waals surface area contributed by atoms with Crippen LogP contribution in [0, 0.1) is 11.8 Å². The summed E-state index contributed by atoms with van der Waals surface area (Å²) in [5.41, 5.74) is 0. The van der Waals surface area contributed by atoms with Crippen LogP contribution >= 0.6 is 0 Å². The van der Waals surface area contributed by atoms with Crippen LogP contribution < -0.4 is 0 Å². The van der Waals surface area contributed by atoms with E-state index in [4.69, 9.17) is 0 Å². The first kappa shape index (κ1) is 15.8. The molecular weight excluding hydrogens is 216 g/mol. The first-order valence-corrected chi connectivity index (χ1v) is 6.28. The number of nitrogens with zero attached hydrogens (tertiary/aromatic N) is 2. The molecule has 0 aromatic rings. The van der Waals surface area contributed by atoms with Gasteiger partial charge in [-0.1, -0.05) is 13.8 Å². The van der Waals surface area contributed by atoms with E-state index in [0.29, 0.717) is 24.9 Å². The second-order valence-electron chi connectivity index (χ2n) is 4.73. The zero-order valence-corrected chi connectivity index (χ0v) is 10.8. The van der Waals surface area contributed by atoms with E-state index in [0.717, 1.165) is 25.7 Å². The van der Waals surface area contributed by atoms with Crippen molar-refractivity contribution >= 4 is 12.2 Å². The number of isocyanates is 2. The molecule has 4 heteroatoms. The molecule has 0 aromatic carbocycles. The lowest BCUT2D eigenvalue weighted by molar-refractivity contribution is 0.352. The predicted molar refractivity (Wildman–Crippen MR) is 67.4 cm³/mol. The summed E-state index contributed by atoms with van der Waals surface area (Å²) in [6.45, 7) is 5.56. The molecule has 0 unspecified atom stereocenters. The number of aliphatic imine (C=N–C) groups is 2. The minimum absolute atomic E-state index is 0.574. The number of carbonyl (C=O) groups excluding carboxylic acids is 2. The van der Waals surface area contributed by atoms with Gasteiger partial charge in [-0.05, 0) is 43.9 Å². The molecular formula is C13H22N2O2. The molecule has 0 aliphatic rings. The summed E-state index contributed by atoms with van der Waals surface area (Å²) in [6.07, 6.45) is 8.32. The Hall–Kier alpha value is -1.24. The molecule has 0 aromatic heterocycles. The van der Waals surface area contributed by atoms with Crippen LogP contribution in [0.2, 0.25) is 0 Å². The zero-order valence-electron chi connectivity index (χ0n) is 10.8. The molecule has 0 spiro atoms. The molecule has 0 atom stereocenters. The van der Waals surface area contributed by atoms with Gasteiger partial charge in [-0.15, -0.1) is 0 Å². The minimum atomic E-state index is 0.574. The normalized spacial score (nSPS) is 11.7. The van der Waals surface area contributed by atoms with E-state index in [1.54, 1.807) is 12.2 Å². The van der Waals surface area contributed by atoms with E-state index in [9.17, 15) is 9.59 Å². The van der Waals surface area contributed by atoms with Gasteiger partial charge in [0.15, 0.2) is 0 Å². The minimum Gasteiger partial charge on any atom is -0.211 e. The fourth-order valence-corrected chi connectivity index (χ4v) is 2.06. The summed E-state index contributed by atoms with van der Waals surface area (Å²) in [6, 6.07) is 0. The van der Waals surface area contributed by atoms with E-state index >= 15 is 0 Å². The quantitative estimate of drug-likeness (QED) is 0.334. The smallest absolute Gasteiger partial charge is 0.211 e. The Bertz CT molecular complexity index is 253. The van der Waals surface area contributed by atoms with Crippen molar-refractivity contribution in [1.29, 1.82) is 0 Å². The van der Waals surface area contributed by atoms with E-state index in [1.807, 2.05) is 0 Å². The number of rotatable bonds is 10. The van der Waals surface area contributed by atoms with Gasteiger partial charge in [0.2, 0.25) is 12.2 Å². The van der Waals surface area contributed by atoms with E-state index in [2.05, 4.69) is 23.8 Å². The van der Waals surface area contributed by atoms with Gasteiger partial charge >= 0.3 is 0 Å². The van der Waals surface area contributed by atoms with Gasteiger partial charge in [-0.2, -0.15) is 0 Å². The molecule has 0 aliphatic heterocycles. The summed E-state index contributed by atoms with van der Waals surface area (Å²) in [7, 11) is 0. The molecule has 0 saturated heterocycles. The maximum atomic E-state index is 9.93. The van der Waals surface area contributed by atoms with Crippen molar-refractivity contribution in [3.63, 3.8) is 0 Å². The lowest BCUT2D eigenvalue weighted by Crippen LogP contribution is -2.06. The van der Waals surface area contributed by atoms with Gasteiger partial charge in [0, 0.05) is 0 Å². The molecule has 4 nitrogen and oxygen atoms in total. The third-order valence-electron chi connectivity index (χ3n) is 2.70. The standard InChI is InChI=1S/C13H22N2O2/c1-12(2)9-13(5-3-7-14-10-16)6-4-8-15-11-17/h12-13H,3-9H2,1-2H3. The monoisotopic (exact) mass is 238 g/mol. The first-order valence-electron chi connectivity index (χ1n) is 6.28. The van der Waals surface area contributed by atoms with Gasteiger partial charge in [-0.3, -0.25) is 0 Å². The topological polar surface area (TPSA) is 58.9 Å². The van der Waals surface area contributed by atoms with Crippen molar-refractivity contribution in [3.05, 3.63) is 0 Å². The Morgan fingerprint density at radius 3 is 1.76 bits per heavy atom. The average molecular weight is 238 g/mol. The summed E-state index contributed by atoms with van der Waals surface area (Å²) < 4.78 is 0. The molecule has 0 saturated carbocycles. The summed E-state index contributed by atoms with van der Waals surface area (Å²) in [5, 5.41) is 0. The Morgan fingerprint density at radius 1 is 0.941 bits per heavy atom. The molecule has 0 heterocycles. The van der Waals surface area contributed by atoms with Crippen molar-refractivity contribution in [1.82, 2.24) is 0 Å². The van der Waals surface area contributed by atoms with Crippen LogP contribution in [0.1, 0.15) is 46.0 Å². The molecule has 0 N–H and O–H groups in total. The lowest BCUT2D eigenvalue weighted by Gasteiger charge is -2.17. The van der Waals surface area contributed by atoms with Gasteiger partial charge in [0.05, 0.1) is 13.1 Å². The molecule has 0 bridgehead atoms.